The van der Waals surface area contributed by atoms with Crippen LogP contribution in [0.15, 0.2) is 41.3 Å². The number of aromatic nitrogens is 1. The molecular formula is C18H17N3O6. The Balaban J connectivity index is 1.89. The van der Waals surface area contributed by atoms with E-state index in [4.69, 9.17) is 14.2 Å². The van der Waals surface area contributed by atoms with Gasteiger partial charge in [-0.15, -0.1) is 0 Å². The fourth-order valence-corrected chi connectivity index (χ4v) is 2.58. The number of hydrogen-bond donors (Lipinski definition) is 2. The van der Waals surface area contributed by atoms with Crippen molar-refractivity contribution in [3.05, 3.63) is 58.0 Å². The summed E-state index contributed by atoms with van der Waals surface area (Å²) < 4.78 is 17.0. The number of nitrogens with zero attached hydrogens (tertiary/aromatic N) is 1. The molecule has 0 spiro atoms. The van der Waals surface area contributed by atoms with E-state index in [0.29, 0.717) is 17.1 Å². The van der Waals surface area contributed by atoms with Crippen molar-refractivity contribution in [2.75, 3.05) is 26.3 Å². The molecule has 2 aromatic rings. The lowest BCUT2D eigenvalue weighted by atomic mass is 10.1. The van der Waals surface area contributed by atoms with E-state index in [2.05, 4.69) is 10.7 Å². The average molecular weight is 371 g/mol. The van der Waals surface area contributed by atoms with E-state index in [1.165, 1.54) is 37.2 Å². The molecule has 3 rings (SSSR count). The molecule has 27 heavy (non-hydrogen) atoms. The Kier molecular flexibility index (Phi) is 5.11. The first kappa shape index (κ1) is 18.1. The van der Waals surface area contributed by atoms with Crippen molar-refractivity contribution in [2.24, 2.45) is 0 Å². The van der Waals surface area contributed by atoms with E-state index in [1.54, 1.807) is 18.2 Å². The fraction of sp³-hybridized carbons (Fsp3) is 0.167. The lowest BCUT2D eigenvalue weighted by Crippen LogP contribution is -2.43. The van der Waals surface area contributed by atoms with Crippen LogP contribution < -0.4 is 30.4 Å². The number of pyridine rings is 1. The van der Waals surface area contributed by atoms with Gasteiger partial charge in [0, 0.05) is 18.3 Å². The van der Waals surface area contributed by atoms with E-state index in [0.717, 1.165) is 6.08 Å². The molecule has 0 aliphatic carbocycles. The molecular weight excluding hydrogens is 354 g/mol. The van der Waals surface area contributed by atoms with Gasteiger partial charge in [-0.3, -0.25) is 14.3 Å². The van der Waals surface area contributed by atoms with Crippen LogP contribution in [-0.2, 0) is 4.79 Å². The Hall–Kier alpha value is -3.75. The highest BCUT2D eigenvalue weighted by Crippen LogP contribution is 2.29. The number of fused-ring (bicyclic) bond motifs is 1. The van der Waals surface area contributed by atoms with E-state index >= 15 is 0 Å². The van der Waals surface area contributed by atoms with Crippen LogP contribution in [-0.4, -0.2) is 37.4 Å². The topological polar surface area (TPSA) is 108 Å². The molecule has 9 heteroatoms. The van der Waals surface area contributed by atoms with Crippen LogP contribution in [0.25, 0.3) is 6.08 Å². The normalized spacial score (nSPS) is 12.7. The molecule has 0 radical (unpaired) electrons. The van der Waals surface area contributed by atoms with Crippen LogP contribution in [0, 0.1) is 0 Å². The molecule has 0 fully saturated rings. The summed E-state index contributed by atoms with van der Waals surface area (Å²) in [7, 11) is 2.99. The molecule has 2 N–H and O–H groups in total. The van der Waals surface area contributed by atoms with Gasteiger partial charge in [-0.2, -0.15) is 0 Å². The highest BCUT2D eigenvalue weighted by molar-refractivity contribution is 5.98. The molecule has 1 amide bonds. The Labute approximate surface area is 154 Å². The Morgan fingerprint density at radius 1 is 1.15 bits per heavy atom. The van der Waals surface area contributed by atoms with E-state index in [9.17, 15) is 14.4 Å². The smallest absolute Gasteiger partial charge is 0.336 e. The Morgan fingerprint density at radius 2 is 1.85 bits per heavy atom. The third-order valence-electron chi connectivity index (χ3n) is 3.82. The lowest BCUT2D eigenvalue weighted by molar-refractivity contribution is -0.129. The van der Waals surface area contributed by atoms with Crippen molar-refractivity contribution in [1.82, 2.24) is 9.99 Å². The van der Waals surface area contributed by atoms with Crippen LogP contribution in [0.4, 0.5) is 0 Å². The van der Waals surface area contributed by atoms with Crippen LogP contribution in [0.1, 0.15) is 16.1 Å². The number of carbonyl (C=O) groups excluding carboxylic acids is 2. The zero-order valence-electron chi connectivity index (χ0n) is 14.6. The maximum atomic E-state index is 12.2. The maximum absolute atomic E-state index is 12.2. The first-order valence-corrected chi connectivity index (χ1v) is 7.93. The van der Waals surface area contributed by atoms with Gasteiger partial charge in [0.15, 0.2) is 5.69 Å². The predicted molar refractivity (Wildman–Crippen MR) is 96.6 cm³/mol. The number of nitrogens with one attached hydrogen (secondary N) is 2. The van der Waals surface area contributed by atoms with E-state index in [-0.39, 0.29) is 18.1 Å². The summed E-state index contributed by atoms with van der Waals surface area (Å²) in [6.45, 7) is 0.190. The van der Waals surface area contributed by atoms with Crippen LogP contribution in [0.5, 0.6) is 17.2 Å². The summed E-state index contributed by atoms with van der Waals surface area (Å²) in [5.74, 6) is -0.709. The highest BCUT2D eigenvalue weighted by atomic mass is 16.5. The third-order valence-corrected chi connectivity index (χ3v) is 3.82. The second kappa shape index (κ2) is 7.65. The molecule has 1 aromatic heterocycles. The molecule has 9 nitrogen and oxygen atoms in total. The molecule has 1 aliphatic heterocycles. The summed E-state index contributed by atoms with van der Waals surface area (Å²) in [5, 5.41) is 2.51. The number of rotatable bonds is 5. The standard InChI is InChI=1S/C18H17N3O6/c1-25-13-4-3-5-14(26-2)11(13)6-7-15(23)27-17-12(22)8-9-21-16(17)18(24)19-10-20-21/h3-9,20H,10H2,1-2H3,(H,19,24)/b7-6+. The van der Waals surface area contributed by atoms with Gasteiger partial charge < -0.3 is 25.0 Å². The molecule has 0 atom stereocenters. The number of esters is 1. The zero-order chi connectivity index (χ0) is 19.4. The molecule has 0 saturated heterocycles. The van der Waals surface area contributed by atoms with E-state index in [1.807, 2.05) is 0 Å². The van der Waals surface area contributed by atoms with Crippen molar-refractivity contribution in [3.63, 3.8) is 0 Å². The van der Waals surface area contributed by atoms with Gasteiger partial charge in [-0.25, -0.2) is 4.79 Å². The van der Waals surface area contributed by atoms with Crippen molar-refractivity contribution in [1.29, 1.82) is 0 Å². The van der Waals surface area contributed by atoms with Gasteiger partial charge in [0.25, 0.3) is 5.91 Å². The second-order valence-corrected chi connectivity index (χ2v) is 5.40. The lowest BCUT2D eigenvalue weighted by Gasteiger charge is -2.22. The molecule has 0 saturated carbocycles. The second-order valence-electron chi connectivity index (χ2n) is 5.40. The third kappa shape index (κ3) is 3.61. The highest BCUT2D eigenvalue weighted by Gasteiger charge is 2.24. The van der Waals surface area contributed by atoms with Crippen LogP contribution >= 0.6 is 0 Å². The molecule has 2 heterocycles. The van der Waals surface area contributed by atoms with Gasteiger partial charge >= 0.3 is 5.97 Å². The average Bonchev–Trinajstić information content (AvgIpc) is 2.68. The molecule has 1 aliphatic rings. The van der Waals surface area contributed by atoms with Crippen molar-refractivity contribution in [3.8, 4) is 17.2 Å². The predicted octanol–water partition coefficient (Wildman–Crippen LogP) is 0.729. The summed E-state index contributed by atoms with van der Waals surface area (Å²) in [6.07, 6.45) is 3.96. The maximum Gasteiger partial charge on any atom is 0.336 e. The van der Waals surface area contributed by atoms with Gasteiger partial charge in [-0.05, 0) is 18.2 Å². The molecule has 1 aromatic carbocycles. The van der Waals surface area contributed by atoms with Gasteiger partial charge in [0.05, 0.1) is 19.8 Å². The van der Waals surface area contributed by atoms with E-state index < -0.39 is 17.3 Å². The largest absolute Gasteiger partial charge is 0.496 e. The van der Waals surface area contributed by atoms with Crippen LogP contribution in [0.3, 0.4) is 0 Å². The number of benzene rings is 1. The number of carbonyl (C=O) groups is 2. The van der Waals surface area contributed by atoms with Crippen molar-refractivity contribution >= 4 is 18.0 Å². The van der Waals surface area contributed by atoms with Crippen molar-refractivity contribution in [2.45, 2.75) is 0 Å². The Morgan fingerprint density at radius 3 is 2.52 bits per heavy atom. The minimum atomic E-state index is -0.826. The minimum absolute atomic E-state index is 0.0784. The summed E-state index contributed by atoms with van der Waals surface area (Å²) >= 11 is 0. The zero-order valence-corrected chi connectivity index (χ0v) is 14.6. The van der Waals surface area contributed by atoms with Gasteiger partial charge in [-0.1, -0.05) is 6.07 Å². The van der Waals surface area contributed by atoms with Crippen LogP contribution in [0.2, 0.25) is 0 Å². The summed E-state index contributed by atoms with van der Waals surface area (Å²) in [5.41, 5.74) is 2.69. The molecule has 140 valence electrons. The number of hydrogen-bond acceptors (Lipinski definition) is 7. The van der Waals surface area contributed by atoms with Gasteiger partial charge in [0.2, 0.25) is 11.2 Å². The Bertz CT molecular complexity index is 957. The minimum Gasteiger partial charge on any atom is -0.496 e. The first-order valence-electron chi connectivity index (χ1n) is 7.93. The number of amides is 1. The van der Waals surface area contributed by atoms with Gasteiger partial charge in [0.1, 0.15) is 18.2 Å². The summed E-state index contributed by atoms with van der Waals surface area (Å²) in [4.78, 5) is 36.4. The van der Waals surface area contributed by atoms with Crippen molar-refractivity contribution < 1.29 is 23.8 Å². The fourth-order valence-electron chi connectivity index (χ4n) is 2.58. The number of methoxy groups -OCH3 is 2. The first-order chi connectivity index (χ1) is 13.0. The number of ether oxygens (including phenoxy) is 3. The summed E-state index contributed by atoms with van der Waals surface area (Å²) in [6, 6.07) is 6.37. The monoisotopic (exact) mass is 371 g/mol. The molecule has 0 bridgehead atoms. The SMILES string of the molecule is COc1cccc(OC)c1/C=C/C(=O)Oc1c2n(ccc1=O)NCNC2=O. The quantitative estimate of drug-likeness (QED) is 0.589. The molecule has 0 unspecified atom stereocenters.